The van der Waals surface area contributed by atoms with Crippen LogP contribution in [0.4, 0.5) is 0 Å². The van der Waals surface area contributed by atoms with Crippen molar-refractivity contribution >= 4 is 16.0 Å². The van der Waals surface area contributed by atoms with Crippen molar-refractivity contribution in [3.05, 3.63) is 0 Å². The Kier molecular flexibility index (Phi) is 2.78. The van der Waals surface area contributed by atoms with E-state index in [4.69, 9.17) is 10.4 Å². The third-order valence-corrected chi connectivity index (χ3v) is 4.20. The van der Waals surface area contributed by atoms with E-state index in [0.29, 0.717) is 0 Å². The summed E-state index contributed by atoms with van der Waals surface area (Å²) in [4.78, 5) is 10.4. The molecular formula is C7H10N2O4S. The predicted molar refractivity (Wildman–Crippen MR) is 46.7 cm³/mol. The Morgan fingerprint density at radius 2 is 2.14 bits per heavy atom. The lowest BCUT2D eigenvalue weighted by atomic mass is 10.0. The van der Waals surface area contributed by atoms with Gasteiger partial charge in [-0.1, -0.05) is 0 Å². The van der Waals surface area contributed by atoms with Gasteiger partial charge in [-0.3, -0.25) is 4.79 Å². The summed E-state index contributed by atoms with van der Waals surface area (Å²) in [6.45, 7) is 1.23. The highest BCUT2D eigenvalue weighted by atomic mass is 32.2. The van der Waals surface area contributed by atoms with Crippen molar-refractivity contribution < 1.29 is 18.3 Å². The van der Waals surface area contributed by atoms with Crippen LogP contribution in [0.2, 0.25) is 0 Å². The van der Waals surface area contributed by atoms with Crippen LogP contribution in [-0.2, 0) is 14.8 Å². The van der Waals surface area contributed by atoms with Crippen LogP contribution < -0.4 is 0 Å². The number of rotatable bonds is 3. The van der Waals surface area contributed by atoms with E-state index in [-0.39, 0.29) is 13.1 Å². The van der Waals surface area contributed by atoms with Crippen molar-refractivity contribution in [3.8, 4) is 6.07 Å². The summed E-state index contributed by atoms with van der Waals surface area (Å²) < 4.78 is 23.9. The molecule has 0 aromatic carbocycles. The standard InChI is InChI=1S/C7H10N2O4S/c1-5(2-8)14(12,13)9-3-6(4-9)7(10)11/h5-6H,3-4H2,1H3,(H,10,11). The normalized spacial score (nSPS) is 20.9. The Morgan fingerprint density at radius 1 is 1.64 bits per heavy atom. The largest absolute Gasteiger partial charge is 0.481 e. The summed E-state index contributed by atoms with van der Waals surface area (Å²) in [5.74, 6) is -1.63. The van der Waals surface area contributed by atoms with Crippen LogP contribution in [0.3, 0.4) is 0 Å². The molecule has 0 saturated carbocycles. The Bertz CT molecular complexity index is 377. The van der Waals surface area contributed by atoms with Gasteiger partial charge in [-0.15, -0.1) is 0 Å². The van der Waals surface area contributed by atoms with Crippen molar-refractivity contribution in [3.63, 3.8) is 0 Å². The highest BCUT2D eigenvalue weighted by molar-refractivity contribution is 7.90. The zero-order valence-corrected chi connectivity index (χ0v) is 8.36. The minimum Gasteiger partial charge on any atom is -0.481 e. The maximum Gasteiger partial charge on any atom is 0.309 e. The molecule has 1 unspecified atom stereocenters. The van der Waals surface area contributed by atoms with Gasteiger partial charge in [-0.25, -0.2) is 8.42 Å². The van der Waals surface area contributed by atoms with Crippen LogP contribution in [0.15, 0.2) is 0 Å². The van der Waals surface area contributed by atoms with Crippen molar-refractivity contribution in [2.45, 2.75) is 12.2 Å². The van der Waals surface area contributed by atoms with Gasteiger partial charge in [0.25, 0.3) is 0 Å². The number of aliphatic carboxylic acids is 1. The number of carbonyl (C=O) groups is 1. The first kappa shape index (κ1) is 10.9. The summed E-state index contributed by atoms with van der Waals surface area (Å²) in [5, 5.41) is 15.9. The molecule has 1 atom stereocenters. The molecule has 14 heavy (non-hydrogen) atoms. The lowest BCUT2D eigenvalue weighted by Gasteiger charge is -2.35. The lowest BCUT2D eigenvalue weighted by Crippen LogP contribution is -2.54. The quantitative estimate of drug-likeness (QED) is 0.671. The fourth-order valence-electron chi connectivity index (χ4n) is 1.09. The smallest absolute Gasteiger partial charge is 0.309 e. The van der Waals surface area contributed by atoms with E-state index >= 15 is 0 Å². The molecule has 0 radical (unpaired) electrons. The van der Waals surface area contributed by atoms with Crippen molar-refractivity contribution in [2.75, 3.05) is 13.1 Å². The summed E-state index contributed by atoms with van der Waals surface area (Å²) >= 11 is 0. The highest BCUT2D eigenvalue weighted by Gasteiger charge is 2.41. The number of nitriles is 1. The van der Waals surface area contributed by atoms with E-state index in [1.54, 1.807) is 6.07 Å². The number of hydrogen-bond donors (Lipinski definition) is 1. The van der Waals surface area contributed by atoms with E-state index in [1.165, 1.54) is 6.92 Å². The molecule has 1 aliphatic heterocycles. The zero-order chi connectivity index (χ0) is 10.9. The Labute approximate surface area is 81.8 Å². The van der Waals surface area contributed by atoms with Gasteiger partial charge in [0.2, 0.25) is 10.0 Å². The van der Waals surface area contributed by atoms with Crippen molar-refractivity contribution in [1.29, 1.82) is 5.26 Å². The van der Waals surface area contributed by atoms with Crippen LogP contribution in [0.25, 0.3) is 0 Å². The van der Waals surface area contributed by atoms with E-state index < -0.39 is 27.2 Å². The summed E-state index contributed by atoms with van der Waals surface area (Å²) in [6, 6.07) is 1.62. The molecule has 1 heterocycles. The maximum absolute atomic E-state index is 11.4. The monoisotopic (exact) mass is 218 g/mol. The molecule has 7 heteroatoms. The zero-order valence-electron chi connectivity index (χ0n) is 7.54. The van der Waals surface area contributed by atoms with Crippen LogP contribution in [0.5, 0.6) is 0 Å². The van der Waals surface area contributed by atoms with Gasteiger partial charge in [0.1, 0.15) is 0 Å². The van der Waals surface area contributed by atoms with Gasteiger partial charge in [0, 0.05) is 13.1 Å². The molecule has 0 aromatic rings. The Hall–Kier alpha value is -1.13. The summed E-state index contributed by atoms with van der Waals surface area (Å²) in [6.07, 6.45) is 0. The number of nitrogens with zero attached hydrogens (tertiary/aromatic N) is 2. The molecule has 1 aliphatic rings. The Morgan fingerprint density at radius 3 is 2.50 bits per heavy atom. The van der Waals surface area contributed by atoms with E-state index in [0.717, 1.165) is 4.31 Å². The van der Waals surface area contributed by atoms with Crippen molar-refractivity contribution in [1.82, 2.24) is 4.31 Å². The van der Waals surface area contributed by atoms with Crippen LogP contribution in [0.1, 0.15) is 6.92 Å². The van der Waals surface area contributed by atoms with Crippen LogP contribution >= 0.6 is 0 Å². The van der Waals surface area contributed by atoms with Gasteiger partial charge in [-0.05, 0) is 6.92 Å². The van der Waals surface area contributed by atoms with Gasteiger partial charge in [0.15, 0.2) is 5.25 Å². The lowest BCUT2D eigenvalue weighted by molar-refractivity contribution is -0.145. The molecule has 0 bridgehead atoms. The van der Waals surface area contributed by atoms with E-state index in [9.17, 15) is 13.2 Å². The second-order valence-corrected chi connectivity index (χ2v) is 5.42. The minimum absolute atomic E-state index is 0.0241. The fourth-order valence-corrected chi connectivity index (χ4v) is 2.45. The highest BCUT2D eigenvalue weighted by Crippen LogP contribution is 2.22. The fraction of sp³-hybridized carbons (Fsp3) is 0.714. The van der Waals surface area contributed by atoms with Crippen LogP contribution in [-0.4, -0.2) is 42.1 Å². The number of carboxylic acids is 1. The predicted octanol–water partition coefficient (Wildman–Crippen LogP) is -0.755. The average Bonchev–Trinajstić information content (AvgIpc) is 1.98. The molecule has 1 saturated heterocycles. The number of carboxylic acid groups (broad SMARTS) is 1. The third-order valence-electron chi connectivity index (χ3n) is 2.19. The molecule has 1 rings (SSSR count). The topological polar surface area (TPSA) is 98.5 Å². The number of sulfonamides is 1. The molecule has 0 aromatic heterocycles. The molecule has 1 fully saturated rings. The molecule has 6 nitrogen and oxygen atoms in total. The third kappa shape index (κ3) is 1.71. The van der Waals surface area contributed by atoms with Gasteiger partial charge in [-0.2, -0.15) is 9.57 Å². The maximum atomic E-state index is 11.4. The average molecular weight is 218 g/mol. The molecular weight excluding hydrogens is 208 g/mol. The first-order chi connectivity index (χ1) is 6.39. The second-order valence-electron chi connectivity index (χ2n) is 3.17. The van der Waals surface area contributed by atoms with E-state index in [1.807, 2.05) is 0 Å². The molecule has 78 valence electrons. The summed E-state index contributed by atoms with van der Waals surface area (Å²) in [7, 11) is -3.61. The Balaban J connectivity index is 2.64. The molecule has 1 N–H and O–H groups in total. The SMILES string of the molecule is CC(C#N)S(=O)(=O)N1CC(C(=O)O)C1. The molecule has 0 amide bonds. The first-order valence-electron chi connectivity index (χ1n) is 4.01. The molecule has 0 aliphatic carbocycles. The second kappa shape index (κ2) is 3.55. The molecule has 0 spiro atoms. The number of hydrogen-bond acceptors (Lipinski definition) is 4. The van der Waals surface area contributed by atoms with Gasteiger partial charge >= 0.3 is 5.97 Å². The minimum atomic E-state index is -3.61. The van der Waals surface area contributed by atoms with Crippen molar-refractivity contribution in [2.24, 2.45) is 5.92 Å². The summed E-state index contributed by atoms with van der Waals surface area (Å²) in [5.41, 5.74) is 0. The van der Waals surface area contributed by atoms with Crippen LogP contribution in [0, 0.1) is 17.2 Å². The first-order valence-corrected chi connectivity index (χ1v) is 5.51. The van der Waals surface area contributed by atoms with Gasteiger partial charge in [0.05, 0.1) is 12.0 Å². The van der Waals surface area contributed by atoms with Gasteiger partial charge < -0.3 is 5.11 Å². The van der Waals surface area contributed by atoms with E-state index in [2.05, 4.69) is 0 Å².